The minimum atomic E-state index is -0.243. The summed E-state index contributed by atoms with van der Waals surface area (Å²) < 4.78 is 0. The quantitative estimate of drug-likeness (QED) is 0.794. The summed E-state index contributed by atoms with van der Waals surface area (Å²) in [5.41, 5.74) is 1.64. The second-order valence-corrected chi connectivity index (χ2v) is 6.22. The van der Waals surface area contributed by atoms with Crippen LogP contribution in [0.25, 0.3) is 0 Å². The first-order valence-corrected chi connectivity index (χ1v) is 8.24. The molecule has 2 amide bonds. The van der Waals surface area contributed by atoms with Gasteiger partial charge in [-0.05, 0) is 30.5 Å². The van der Waals surface area contributed by atoms with Crippen LogP contribution in [0.3, 0.4) is 0 Å². The molecule has 4 nitrogen and oxygen atoms in total. The van der Waals surface area contributed by atoms with Gasteiger partial charge in [-0.1, -0.05) is 29.8 Å². The van der Waals surface area contributed by atoms with E-state index in [1.165, 1.54) is 0 Å². The Balaban J connectivity index is 1.91. The summed E-state index contributed by atoms with van der Waals surface area (Å²) in [6, 6.07) is 11.2. The maximum Gasteiger partial charge on any atom is 0.251 e. The van der Waals surface area contributed by atoms with Crippen LogP contribution in [-0.4, -0.2) is 29.8 Å². The molecular weight excluding hydrogens is 308 g/mol. The summed E-state index contributed by atoms with van der Waals surface area (Å²) in [7, 11) is 0. The molecule has 1 heterocycles. The van der Waals surface area contributed by atoms with E-state index in [-0.39, 0.29) is 18.4 Å². The lowest BCUT2D eigenvalue weighted by molar-refractivity contribution is -0.130. The summed E-state index contributed by atoms with van der Waals surface area (Å²) in [6.07, 6.45) is 1.69. The van der Waals surface area contributed by atoms with E-state index in [0.717, 1.165) is 10.4 Å². The van der Waals surface area contributed by atoms with E-state index < -0.39 is 0 Å². The highest BCUT2D eigenvalue weighted by molar-refractivity contribution is 7.09. The van der Waals surface area contributed by atoms with E-state index in [4.69, 9.17) is 0 Å². The van der Waals surface area contributed by atoms with Crippen molar-refractivity contribution in [3.8, 4) is 0 Å². The molecule has 0 unspecified atom stereocenters. The largest absolute Gasteiger partial charge is 0.343 e. The van der Waals surface area contributed by atoms with Crippen LogP contribution in [0, 0.1) is 6.92 Å². The SMILES string of the molecule is C=CCN(Cc1cccs1)C(=O)CNC(=O)c1ccc(C)cc1. The van der Waals surface area contributed by atoms with Gasteiger partial charge in [0.15, 0.2) is 0 Å². The van der Waals surface area contributed by atoms with Gasteiger partial charge in [-0.2, -0.15) is 0 Å². The molecule has 0 bridgehead atoms. The molecule has 1 aromatic heterocycles. The van der Waals surface area contributed by atoms with Crippen molar-refractivity contribution in [1.82, 2.24) is 10.2 Å². The molecular formula is C18H20N2O2S. The molecule has 0 saturated heterocycles. The topological polar surface area (TPSA) is 49.4 Å². The van der Waals surface area contributed by atoms with Crippen molar-refractivity contribution in [3.63, 3.8) is 0 Å². The first kappa shape index (κ1) is 17.0. The Morgan fingerprint density at radius 3 is 2.61 bits per heavy atom. The summed E-state index contributed by atoms with van der Waals surface area (Å²) >= 11 is 1.60. The van der Waals surface area contributed by atoms with E-state index in [0.29, 0.717) is 18.7 Å². The first-order chi connectivity index (χ1) is 11.1. The summed E-state index contributed by atoms with van der Waals surface area (Å²) in [6.45, 7) is 6.61. The van der Waals surface area contributed by atoms with Crippen LogP contribution in [-0.2, 0) is 11.3 Å². The normalized spacial score (nSPS) is 10.1. The van der Waals surface area contributed by atoms with Crippen molar-refractivity contribution >= 4 is 23.2 Å². The number of amides is 2. The highest BCUT2D eigenvalue weighted by Gasteiger charge is 2.15. The zero-order valence-corrected chi connectivity index (χ0v) is 13.9. The number of benzene rings is 1. The minimum Gasteiger partial charge on any atom is -0.343 e. The Hall–Kier alpha value is -2.40. The number of carbonyl (C=O) groups is 2. The van der Waals surface area contributed by atoms with Gasteiger partial charge in [0, 0.05) is 17.0 Å². The van der Waals surface area contributed by atoms with Gasteiger partial charge in [0.25, 0.3) is 5.91 Å². The maximum absolute atomic E-state index is 12.3. The molecule has 0 spiro atoms. The van der Waals surface area contributed by atoms with Gasteiger partial charge in [-0.3, -0.25) is 9.59 Å². The molecule has 0 saturated carbocycles. The van der Waals surface area contributed by atoms with Gasteiger partial charge >= 0.3 is 0 Å². The zero-order valence-electron chi connectivity index (χ0n) is 13.1. The lowest BCUT2D eigenvalue weighted by Crippen LogP contribution is -2.39. The van der Waals surface area contributed by atoms with Gasteiger partial charge in [-0.15, -0.1) is 17.9 Å². The van der Waals surface area contributed by atoms with Crippen LogP contribution in [0.1, 0.15) is 20.8 Å². The third kappa shape index (κ3) is 5.07. The number of hydrogen-bond donors (Lipinski definition) is 1. The van der Waals surface area contributed by atoms with Gasteiger partial charge in [0.05, 0.1) is 13.1 Å². The third-order valence-corrected chi connectivity index (χ3v) is 4.20. The standard InChI is InChI=1S/C18H20N2O2S/c1-3-10-20(13-16-5-4-11-23-16)17(21)12-19-18(22)15-8-6-14(2)7-9-15/h3-9,11H,1,10,12-13H2,2H3,(H,19,22). The third-order valence-electron chi connectivity index (χ3n) is 3.34. The fourth-order valence-corrected chi connectivity index (χ4v) is 2.80. The first-order valence-electron chi connectivity index (χ1n) is 7.36. The molecule has 0 fully saturated rings. The smallest absolute Gasteiger partial charge is 0.251 e. The molecule has 2 aromatic rings. The lowest BCUT2D eigenvalue weighted by atomic mass is 10.1. The van der Waals surface area contributed by atoms with Crippen molar-refractivity contribution in [2.24, 2.45) is 0 Å². The van der Waals surface area contributed by atoms with Crippen molar-refractivity contribution in [3.05, 3.63) is 70.4 Å². The molecule has 0 aliphatic heterocycles. The maximum atomic E-state index is 12.3. The van der Waals surface area contributed by atoms with Crippen LogP contribution in [0.4, 0.5) is 0 Å². The predicted molar refractivity (Wildman–Crippen MR) is 93.4 cm³/mol. The van der Waals surface area contributed by atoms with Gasteiger partial charge in [0.2, 0.25) is 5.91 Å². The Labute approximate surface area is 140 Å². The van der Waals surface area contributed by atoms with E-state index in [1.807, 2.05) is 36.6 Å². The fraction of sp³-hybridized carbons (Fsp3) is 0.222. The average Bonchev–Trinajstić information content (AvgIpc) is 3.05. The minimum absolute atomic E-state index is 0.0219. The number of aryl methyl sites for hydroxylation is 1. The van der Waals surface area contributed by atoms with Crippen LogP contribution < -0.4 is 5.32 Å². The molecule has 0 atom stereocenters. The van der Waals surface area contributed by atoms with E-state index in [2.05, 4.69) is 11.9 Å². The molecule has 1 aromatic carbocycles. The molecule has 120 valence electrons. The van der Waals surface area contributed by atoms with Crippen LogP contribution in [0.2, 0.25) is 0 Å². The van der Waals surface area contributed by atoms with Crippen molar-refractivity contribution in [1.29, 1.82) is 0 Å². The van der Waals surface area contributed by atoms with Crippen LogP contribution >= 0.6 is 11.3 Å². The Bertz CT molecular complexity index is 663. The Morgan fingerprint density at radius 2 is 2.00 bits per heavy atom. The molecule has 2 rings (SSSR count). The average molecular weight is 328 g/mol. The van der Waals surface area contributed by atoms with Crippen LogP contribution in [0.15, 0.2) is 54.4 Å². The number of nitrogens with one attached hydrogen (secondary N) is 1. The summed E-state index contributed by atoms with van der Waals surface area (Å²) in [4.78, 5) is 27.2. The van der Waals surface area contributed by atoms with Crippen molar-refractivity contribution in [2.45, 2.75) is 13.5 Å². The molecule has 0 aliphatic rings. The van der Waals surface area contributed by atoms with Crippen LogP contribution in [0.5, 0.6) is 0 Å². The van der Waals surface area contributed by atoms with Crippen molar-refractivity contribution < 1.29 is 9.59 Å². The van der Waals surface area contributed by atoms with Gasteiger partial charge < -0.3 is 10.2 Å². The number of nitrogens with zero attached hydrogens (tertiary/aromatic N) is 1. The van der Waals surface area contributed by atoms with Gasteiger partial charge in [0.1, 0.15) is 0 Å². The van der Waals surface area contributed by atoms with E-state index in [1.54, 1.807) is 34.4 Å². The fourth-order valence-electron chi connectivity index (χ4n) is 2.08. The number of hydrogen-bond acceptors (Lipinski definition) is 3. The second-order valence-electron chi connectivity index (χ2n) is 5.19. The molecule has 5 heteroatoms. The monoisotopic (exact) mass is 328 g/mol. The van der Waals surface area contributed by atoms with Gasteiger partial charge in [-0.25, -0.2) is 0 Å². The molecule has 0 radical (unpaired) electrons. The Kier molecular flexibility index (Phi) is 6.11. The predicted octanol–water partition coefficient (Wildman–Crippen LogP) is 3.00. The highest BCUT2D eigenvalue weighted by atomic mass is 32.1. The second kappa shape index (κ2) is 8.29. The van der Waals surface area contributed by atoms with E-state index >= 15 is 0 Å². The molecule has 0 aliphatic carbocycles. The summed E-state index contributed by atoms with van der Waals surface area (Å²) in [5.74, 6) is -0.369. The highest BCUT2D eigenvalue weighted by Crippen LogP contribution is 2.12. The van der Waals surface area contributed by atoms with E-state index in [9.17, 15) is 9.59 Å². The Morgan fingerprint density at radius 1 is 1.26 bits per heavy atom. The number of carbonyl (C=O) groups excluding carboxylic acids is 2. The summed E-state index contributed by atoms with van der Waals surface area (Å²) in [5, 5.41) is 4.65. The molecule has 1 N–H and O–H groups in total. The number of thiophene rings is 1. The number of rotatable bonds is 7. The lowest BCUT2D eigenvalue weighted by Gasteiger charge is -2.20. The van der Waals surface area contributed by atoms with Crippen molar-refractivity contribution in [2.75, 3.05) is 13.1 Å². The zero-order chi connectivity index (χ0) is 16.7. The molecule has 23 heavy (non-hydrogen) atoms.